The number of anilines is 1. The minimum absolute atomic E-state index is 0.0350. The summed E-state index contributed by atoms with van der Waals surface area (Å²) in [5.41, 5.74) is 0.811. The second kappa shape index (κ2) is 5.06. The number of fused-ring (bicyclic) bond motifs is 1. The average molecular weight is 282 g/mol. The van der Waals surface area contributed by atoms with Crippen molar-refractivity contribution in [3.05, 3.63) is 17.0 Å². The highest BCUT2D eigenvalue weighted by Crippen LogP contribution is 2.34. The van der Waals surface area contributed by atoms with Crippen LogP contribution in [0, 0.1) is 0 Å². The third kappa shape index (κ3) is 2.21. The fourth-order valence-corrected chi connectivity index (χ4v) is 3.26. The number of hydrogen-bond donors (Lipinski definition) is 1. The SMILES string of the molecule is O=C1Cc2cnc(Cl)nc2N(C2CCCC2)[C@@H]1CO. The van der Waals surface area contributed by atoms with Gasteiger partial charge in [-0.2, -0.15) is 0 Å². The number of aromatic nitrogens is 2. The van der Waals surface area contributed by atoms with Gasteiger partial charge < -0.3 is 10.0 Å². The van der Waals surface area contributed by atoms with Gasteiger partial charge in [0.1, 0.15) is 11.9 Å². The summed E-state index contributed by atoms with van der Waals surface area (Å²) in [6, 6.07) is -0.215. The third-order valence-corrected chi connectivity index (χ3v) is 4.20. The molecule has 1 atom stereocenters. The Hall–Kier alpha value is -1.20. The molecule has 1 fully saturated rings. The van der Waals surface area contributed by atoms with Gasteiger partial charge in [0.2, 0.25) is 5.28 Å². The van der Waals surface area contributed by atoms with Gasteiger partial charge in [-0.1, -0.05) is 12.8 Å². The van der Waals surface area contributed by atoms with Crippen LogP contribution in [0.3, 0.4) is 0 Å². The molecule has 0 bridgehead atoms. The molecule has 0 radical (unpaired) electrons. The van der Waals surface area contributed by atoms with Gasteiger partial charge in [-0.25, -0.2) is 9.97 Å². The van der Waals surface area contributed by atoms with E-state index in [0.29, 0.717) is 0 Å². The van der Waals surface area contributed by atoms with Crippen molar-refractivity contribution in [1.29, 1.82) is 0 Å². The molecule has 102 valence electrons. The van der Waals surface area contributed by atoms with Crippen LogP contribution < -0.4 is 4.90 Å². The zero-order chi connectivity index (χ0) is 13.4. The number of Topliss-reactive ketones (excluding diaryl/α,β-unsaturated/α-hetero) is 1. The van der Waals surface area contributed by atoms with Crippen molar-refractivity contribution in [3.8, 4) is 0 Å². The summed E-state index contributed by atoms with van der Waals surface area (Å²) in [5.74, 6) is 0.762. The van der Waals surface area contributed by atoms with Crippen LogP contribution >= 0.6 is 11.6 Å². The van der Waals surface area contributed by atoms with Gasteiger partial charge in [-0.15, -0.1) is 0 Å². The molecule has 19 heavy (non-hydrogen) atoms. The molecular weight excluding hydrogens is 266 g/mol. The molecule has 0 spiro atoms. The zero-order valence-electron chi connectivity index (χ0n) is 10.5. The lowest BCUT2D eigenvalue weighted by atomic mass is 9.96. The Kier molecular flexibility index (Phi) is 3.41. The van der Waals surface area contributed by atoms with Gasteiger partial charge in [0.25, 0.3) is 0 Å². The van der Waals surface area contributed by atoms with Gasteiger partial charge >= 0.3 is 0 Å². The fraction of sp³-hybridized carbons (Fsp3) is 0.615. The number of carbonyl (C=O) groups is 1. The lowest BCUT2D eigenvalue weighted by Crippen LogP contribution is -2.52. The molecule has 5 nitrogen and oxygen atoms in total. The van der Waals surface area contributed by atoms with E-state index < -0.39 is 6.04 Å². The van der Waals surface area contributed by atoms with Crippen molar-refractivity contribution < 1.29 is 9.90 Å². The first kappa shape index (κ1) is 12.8. The quantitative estimate of drug-likeness (QED) is 0.829. The number of rotatable bonds is 2. The van der Waals surface area contributed by atoms with Crippen LogP contribution in [0.5, 0.6) is 0 Å². The minimum atomic E-state index is -0.485. The van der Waals surface area contributed by atoms with Crippen LogP contribution in [0.2, 0.25) is 5.28 Å². The maximum atomic E-state index is 12.1. The second-order valence-corrected chi connectivity index (χ2v) is 5.51. The predicted octanol–water partition coefficient (Wildman–Crippen LogP) is 1.37. The number of hydrogen-bond acceptors (Lipinski definition) is 5. The first-order chi connectivity index (χ1) is 9.20. The Morgan fingerprint density at radius 1 is 1.42 bits per heavy atom. The summed E-state index contributed by atoms with van der Waals surface area (Å²) < 4.78 is 0. The number of ketones is 1. The normalized spacial score (nSPS) is 23.8. The molecule has 6 heteroatoms. The standard InChI is InChI=1S/C13H16ClN3O2/c14-13-15-6-8-5-11(19)10(7-18)17(12(8)16-13)9-3-1-2-4-9/h6,9-10,18H,1-5,7H2/t10-/m1/s1. The van der Waals surface area contributed by atoms with Gasteiger partial charge in [0.05, 0.1) is 6.61 Å². The topological polar surface area (TPSA) is 66.3 Å². The predicted molar refractivity (Wildman–Crippen MR) is 71.4 cm³/mol. The van der Waals surface area contributed by atoms with Crippen molar-refractivity contribution in [2.75, 3.05) is 11.5 Å². The summed E-state index contributed by atoms with van der Waals surface area (Å²) in [6.45, 7) is -0.170. The molecule has 1 aromatic heterocycles. The van der Waals surface area contributed by atoms with E-state index in [1.165, 1.54) is 0 Å². The molecule has 1 aliphatic carbocycles. The van der Waals surface area contributed by atoms with Crippen LogP contribution in [0.4, 0.5) is 5.82 Å². The van der Waals surface area contributed by atoms with Crippen LogP contribution in [0.15, 0.2) is 6.20 Å². The fourth-order valence-electron chi connectivity index (χ4n) is 3.13. The number of aliphatic hydroxyl groups excluding tert-OH is 1. The molecule has 3 rings (SSSR count). The van der Waals surface area contributed by atoms with Crippen molar-refractivity contribution in [2.24, 2.45) is 0 Å². The summed E-state index contributed by atoms with van der Waals surface area (Å²) in [6.07, 6.45) is 6.28. The molecule has 2 heterocycles. The van der Waals surface area contributed by atoms with Crippen LogP contribution in [-0.2, 0) is 11.2 Å². The Morgan fingerprint density at radius 3 is 2.84 bits per heavy atom. The van der Waals surface area contributed by atoms with Crippen molar-refractivity contribution in [1.82, 2.24) is 9.97 Å². The first-order valence-electron chi connectivity index (χ1n) is 6.64. The highest BCUT2D eigenvalue weighted by molar-refractivity contribution is 6.28. The van der Waals surface area contributed by atoms with Crippen molar-refractivity contribution in [2.45, 2.75) is 44.2 Å². The van der Waals surface area contributed by atoms with E-state index in [-0.39, 0.29) is 30.1 Å². The minimum Gasteiger partial charge on any atom is -0.394 e. The Labute approximate surface area is 116 Å². The van der Waals surface area contributed by atoms with Crippen LogP contribution in [0.25, 0.3) is 0 Å². The molecule has 2 aliphatic rings. The molecule has 1 N–H and O–H groups in total. The molecule has 0 unspecified atom stereocenters. The number of aliphatic hydroxyl groups is 1. The van der Waals surface area contributed by atoms with E-state index in [2.05, 4.69) is 9.97 Å². The van der Waals surface area contributed by atoms with E-state index >= 15 is 0 Å². The first-order valence-corrected chi connectivity index (χ1v) is 7.02. The molecule has 0 aromatic carbocycles. The lowest BCUT2D eigenvalue weighted by molar-refractivity contribution is -0.121. The number of halogens is 1. The molecule has 1 aromatic rings. The smallest absolute Gasteiger partial charge is 0.224 e. The summed E-state index contributed by atoms with van der Waals surface area (Å²) in [7, 11) is 0. The summed E-state index contributed by atoms with van der Waals surface area (Å²) in [4.78, 5) is 22.4. The molecular formula is C13H16ClN3O2. The third-order valence-electron chi connectivity index (χ3n) is 4.02. The van der Waals surface area contributed by atoms with Crippen molar-refractivity contribution in [3.63, 3.8) is 0 Å². The number of nitrogens with zero attached hydrogens (tertiary/aromatic N) is 3. The van der Waals surface area contributed by atoms with Gasteiger partial charge in [-0.3, -0.25) is 4.79 Å². The highest BCUT2D eigenvalue weighted by atomic mass is 35.5. The van der Waals surface area contributed by atoms with E-state index in [1.807, 2.05) is 4.90 Å². The monoisotopic (exact) mass is 281 g/mol. The maximum Gasteiger partial charge on any atom is 0.224 e. The molecule has 0 amide bonds. The van der Waals surface area contributed by atoms with E-state index in [9.17, 15) is 9.90 Å². The average Bonchev–Trinajstić information content (AvgIpc) is 2.91. The molecule has 1 aliphatic heterocycles. The Balaban J connectivity index is 2.05. The van der Waals surface area contributed by atoms with Gasteiger partial charge in [0, 0.05) is 24.2 Å². The highest BCUT2D eigenvalue weighted by Gasteiger charge is 2.38. The van der Waals surface area contributed by atoms with E-state index in [1.54, 1.807) is 6.20 Å². The molecule has 0 saturated heterocycles. The van der Waals surface area contributed by atoms with E-state index in [0.717, 1.165) is 37.1 Å². The molecule has 1 saturated carbocycles. The Bertz CT molecular complexity index is 503. The van der Waals surface area contributed by atoms with Gasteiger partial charge in [-0.05, 0) is 24.4 Å². The van der Waals surface area contributed by atoms with Gasteiger partial charge in [0.15, 0.2) is 5.78 Å². The maximum absolute atomic E-state index is 12.1. The number of carbonyl (C=O) groups excluding carboxylic acids is 1. The zero-order valence-corrected chi connectivity index (χ0v) is 11.3. The summed E-state index contributed by atoms with van der Waals surface area (Å²) >= 11 is 5.88. The van der Waals surface area contributed by atoms with Crippen LogP contribution in [-0.4, -0.2) is 39.5 Å². The van der Waals surface area contributed by atoms with E-state index in [4.69, 9.17) is 11.6 Å². The summed E-state index contributed by atoms with van der Waals surface area (Å²) in [5, 5.41) is 9.74. The lowest BCUT2D eigenvalue weighted by Gasteiger charge is -2.39. The Morgan fingerprint density at radius 2 is 2.16 bits per heavy atom. The van der Waals surface area contributed by atoms with Crippen LogP contribution in [0.1, 0.15) is 31.2 Å². The van der Waals surface area contributed by atoms with Crippen molar-refractivity contribution >= 4 is 23.2 Å². The second-order valence-electron chi connectivity index (χ2n) is 5.17. The largest absolute Gasteiger partial charge is 0.394 e.